The minimum Gasteiger partial charge on any atom is -0.380 e. The van der Waals surface area contributed by atoms with Gasteiger partial charge in [0.15, 0.2) is 0 Å². The van der Waals surface area contributed by atoms with Crippen molar-refractivity contribution in [1.82, 2.24) is 31.5 Å². The van der Waals surface area contributed by atoms with Crippen LogP contribution < -0.4 is 26.6 Å². The number of fused-ring (bicyclic) bond motifs is 1. The number of piperidine rings is 3. The number of carbonyl (C=O) groups is 2. The summed E-state index contributed by atoms with van der Waals surface area (Å²) >= 11 is 14.6. The minimum atomic E-state index is -0.156. The zero-order valence-corrected chi connectivity index (χ0v) is 23.4. The molecule has 0 bridgehead atoms. The number of carbonyl (C=O) groups excluding carboxylic acids is 2. The minimum absolute atomic E-state index is 0.0550. The molecule has 204 valence electrons. The number of nitrogens with zero attached hydrogens (tertiary/aromatic N) is 1. The van der Waals surface area contributed by atoms with Gasteiger partial charge in [-0.3, -0.25) is 20.2 Å². The lowest BCUT2D eigenvalue weighted by molar-refractivity contribution is -0.135. The Morgan fingerprint density at radius 2 is 1.89 bits per heavy atom. The number of hydrogen-bond acceptors (Lipinski definition) is 8. The average molecular weight is 564 g/mol. The predicted molar refractivity (Wildman–Crippen MR) is 143 cm³/mol. The van der Waals surface area contributed by atoms with E-state index in [1.165, 1.54) is 0 Å². The van der Waals surface area contributed by atoms with E-state index in [4.69, 9.17) is 27.9 Å². The van der Waals surface area contributed by atoms with Gasteiger partial charge in [-0.1, -0.05) is 0 Å². The Balaban J connectivity index is 1.17. The van der Waals surface area contributed by atoms with Crippen LogP contribution in [0.2, 0.25) is 0 Å². The number of methoxy groups -OCH3 is 1. The monoisotopic (exact) mass is 562 g/mol. The molecule has 5 rings (SSSR count). The Hall–Kier alpha value is -0.330. The van der Waals surface area contributed by atoms with Crippen molar-refractivity contribution in [2.45, 2.75) is 66.0 Å². The van der Waals surface area contributed by atoms with E-state index in [0.29, 0.717) is 38.8 Å². The summed E-state index contributed by atoms with van der Waals surface area (Å²) in [5, 5.41) is 17.1. The van der Waals surface area contributed by atoms with E-state index in [-0.39, 0.29) is 69.3 Å². The lowest BCUT2D eigenvalue weighted by atomic mass is 9.70. The van der Waals surface area contributed by atoms with Gasteiger partial charge < -0.3 is 25.6 Å². The van der Waals surface area contributed by atoms with E-state index in [9.17, 15) is 9.59 Å². The molecule has 5 aliphatic rings. The molecule has 0 aromatic rings. The molecule has 36 heavy (non-hydrogen) atoms. The molecule has 0 aromatic heterocycles. The molecule has 5 N–H and O–H groups in total. The van der Waals surface area contributed by atoms with Gasteiger partial charge in [-0.25, -0.2) is 0 Å². The first-order chi connectivity index (χ1) is 17.3. The Bertz CT molecular complexity index is 800. The number of alkyl halides is 2. The van der Waals surface area contributed by atoms with Crippen molar-refractivity contribution in [3.8, 4) is 0 Å². The van der Waals surface area contributed by atoms with Gasteiger partial charge in [-0.2, -0.15) is 0 Å². The van der Waals surface area contributed by atoms with E-state index in [0.717, 1.165) is 25.8 Å². The predicted octanol–water partition coefficient (Wildman–Crippen LogP) is 0.323. The van der Waals surface area contributed by atoms with E-state index in [1.54, 1.807) is 18.9 Å². The van der Waals surface area contributed by atoms with E-state index in [1.807, 2.05) is 4.90 Å². The highest BCUT2D eigenvalue weighted by Gasteiger charge is 2.47. The number of rotatable bonds is 5. The Kier molecular flexibility index (Phi) is 8.94. The van der Waals surface area contributed by atoms with Crippen molar-refractivity contribution in [3.05, 3.63) is 0 Å². The van der Waals surface area contributed by atoms with Gasteiger partial charge in [0.1, 0.15) is 5.50 Å². The quantitative estimate of drug-likeness (QED) is 0.241. The molecule has 5 heterocycles. The van der Waals surface area contributed by atoms with Crippen LogP contribution in [0.25, 0.3) is 0 Å². The van der Waals surface area contributed by atoms with E-state index in [2.05, 4.69) is 33.5 Å². The summed E-state index contributed by atoms with van der Waals surface area (Å²) in [5.41, 5.74) is -0.236. The Morgan fingerprint density at radius 3 is 2.64 bits per heavy atom. The summed E-state index contributed by atoms with van der Waals surface area (Å²) < 4.78 is 5.80. The fraction of sp³-hybridized carbons (Fsp3) is 0.917. The second-order valence-corrected chi connectivity index (χ2v) is 13.5. The molecule has 0 aliphatic carbocycles. The summed E-state index contributed by atoms with van der Waals surface area (Å²) in [6, 6.07) is 0.531. The van der Waals surface area contributed by atoms with Crippen LogP contribution >= 0.6 is 35.0 Å². The first-order valence-electron chi connectivity index (χ1n) is 13.3. The number of amides is 2. The second-order valence-electron chi connectivity index (χ2n) is 11.1. The van der Waals surface area contributed by atoms with Crippen LogP contribution in [0.4, 0.5) is 0 Å². The zero-order chi connectivity index (χ0) is 25.4. The van der Waals surface area contributed by atoms with Crippen LogP contribution in [0, 0.1) is 23.7 Å². The van der Waals surface area contributed by atoms with Crippen LogP contribution in [0.15, 0.2) is 0 Å². The molecular formula is C24H40Cl2N6O3S. The molecule has 0 aromatic carbocycles. The first kappa shape index (κ1) is 27.2. The number of halogens is 2. The molecule has 0 saturated carbocycles. The molecule has 5 saturated heterocycles. The van der Waals surface area contributed by atoms with Gasteiger partial charge in [0, 0.05) is 62.5 Å². The molecule has 0 radical (unpaired) electrons. The van der Waals surface area contributed by atoms with Gasteiger partial charge in [0.05, 0.1) is 23.4 Å². The standard InChI is InChI=1S/C24H40Cl2N6O3S/c1-12-5-13(14-6-21(26)29-9-19(14)35-2)15(8-28-12)22(33)31-24-30-18-10-32(11-20(18)36-24)23(34)16-7-27-4-3-17(16)25/h12-21,24,27-30H,3-11H2,1-2H3,(H,31,33). The maximum atomic E-state index is 13.5. The molecule has 0 spiro atoms. The van der Waals surface area contributed by atoms with E-state index >= 15 is 0 Å². The van der Waals surface area contributed by atoms with Gasteiger partial charge in [-0.15, -0.1) is 35.0 Å². The average Bonchev–Trinajstić information content (AvgIpc) is 3.42. The summed E-state index contributed by atoms with van der Waals surface area (Å²) in [6.45, 7) is 6.43. The number of nitrogens with one attached hydrogen (secondary N) is 5. The summed E-state index contributed by atoms with van der Waals surface area (Å²) in [5.74, 6) is 0.387. The maximum absolute atomic E-state index is 13.5. The van der Waals surface area contributed by atoms with Gasteiger partial charge in [0.2, 0.25) is 11.8 Å². The first-order valence-corrected chi connectivity index (χ1v) is 15.1. The topological polar surface area (TPSA) is 107 Å². The third-order valence-corrected chi connectivity index (χ3v) is 11.0. The van der Waals surface area contributed by atoms with Gasteiger partial charge in [0.25, 0.3) is 0 Å². The summed E-state index contributed by atoms with van der Waals surface area (Å²) in [7, 11) is 1.75. The maximum Gasteiger partial charge on any atom is 0.228 e. The lowest BCUT2D eigenvalue weighted by Crippen LogP contribution is -2.57. The highest BCUT2D eigenvalue weighted by molar-refractivity contribution is 8.00. The Morgan fingerprint density at radius 1 is 1.06 bits per heavy atom. The van der Waals surface area contributed by atoms with Crippen molar-refractivity contribution >= 4 is 46.8 Å². The summed E-state index contributed by atoms with van der Waals surface area (Å²) in [4.78, 5) is 28.6. The van der Waals surface area contributed by atoms with Crippen molar-refractivity contribution < 1.29 is 14.3 Å². The highest BCUT2D eigenvalue weighted by atomic mass is 35.5. The van der Waals surface area contributed by atoms with Crippen LogP contribution in [0.1, 0.15) is 26.2 Å². The largest absolute Gasteiger partial charge is 0.380 e. The van der Waals surface area contributed by atoms with Crippen LogP contribution in [0.3, 0.4) is 0 Å². The number of thioether (sulfide) groups is 1. The fourth-order valence-corrected chi connectivity index (χ4v) is 8.76. The molecule has 12 heteroatoms. The molecular weight excluding hydrogens is 523 g/mol. The number of hydrogen-bond donors (Lipinski definition) is 5. The molecule has 2 amide bonds. The molecule has 5 aliphatic heterocycles. The van der Waals surface area contributed by atoms with Gasteiger partial charge in [-0.05, 0) is 44.6 Å². The van der Waals surface area contributed by atoms with Gasteiger partial charge >= 0.3 is 0 Å². The SMILES string of the molecule is COC1CNC(Cl)CC1C1CC(C)NCC1C(=O)NC1NC2CN(C(=O)C3CNCCC3Cl)CC2S1. The van der Waals surface area contributed by atoms with Crippen LogP contribution in [-0.2, 0) is 14.3 Å². The molecule has 9 nitrogen and oxygen atoms in total. The fourth-order valence-electron chi connectivity index (χ4n) is 6.75. The highest BCUT2D eigenvalue weighted by Crippen LogP contribution is 2.38. The third kappa shape index (κ3) is 5.81. The summed E-state index contributed by atoms with van der Waals surface area (Å²) in [6.07, 6.45) is 2.60. The normalized spacial score (nSPS) is 45.3. The Labute approximate surface area is 228 Å². The third-order valence-electron chi connectivity index (χ3n) is 8.76. The smallest absolute Gasteiger partial charge is 0.228 e. The van der Waals surface area contributed by atoms with Crippen molar-refractivity contribution in [2.24, 2.45) is 23.7 Å². The number of ether oxygens (including phenoxy) is 1. The van der Waals surface area contributed by atoms with Crippen LogP contribution in [-0.4, -0.2) is 103 Å². The van der Waals surface area contributed by atoms with Crippen molar-refractivity contribution in [2.75, 3.05) is 46.4 Å². The lowest BCUT2D eigenvalue weighted by Gasteiger charge is -2.45. The van der Waals surface area contributed by atoms with Crippen LogP contribution in [0.5, 0.6) is 0 Å². The van der Waals surface area contributed by atoms with E-state index < -0.39 is 0 Å². The molecule has 11 atom stereocenters. The molecule has 11 unspecified atom stereocenters. The second kappa shape index (κ2) is 11.8. The number of likely N-dealkylation sites (tertiary alicyclic amines) is 1. The van der Waals surface area contributed by atoms with Crippen molar-refractivity contribution in [1.29, 1.82) is 0 Å². The molecule has 5 fully saturated rings. The van der Waals surface area contributed by atoms with Crippen molar-refractivity contribution in [3.63, 3.8) is 0 Å². The zero-order valence-electron chi connectivity index (χ0n) is 21.1.